The Labute approximate surface area is 173 Å². The van der Waals surface area contributed by atoms with Crippen LogP contribution < -0.4 is 4.90 Å². The topological polar surface area (TPSA) is 63.4 Å². The van der Waals surface area contributed by atoms with Gasteiger partial charge in [-0.25, -0.2) is 9.50 Å². The molecule has 2 heterocycles. The van der Waals surface area contributed by atoms with Crippen molar-refractivity contribution in [1.82, 2.24) is 19.6 Å². The van der Waals surface area contributed by atoms with Crippen LogP contribution in [0, 0.1) is 20.8 Å². The highest BCUT2D eigenvalue weighted by molar-refractivity contribution is 6.30. The molecule has 146 valence electrons. The molecule has 0 saturated carbocycles. The lowest BCUT2D eigenvalue weighted by Crippen LogP contribution is -2.31. The van der Waals surface area contributed by atoms with Crippen LogP contribution in [0.1, 0.15) is 33.1 Å². The van der Waals surface area contributed by atoms with Gasteiger partial charge in [0.25, 0.3) is 11.7 Å². The third-order valence-electron chi connectivity index (χ3n) is 4.72. The average Bonchev–Trinajstić information content (AvgIpc) is 3.10. The Morgan fingerprint density at radius 3 is 2.48 bits per heavy atom. The van der Waals surface area contributed by atoms with Crippen molar-refractivity contribution in [2.24, 2.45) is 0 Å². The summed E-state index contributed by atoms with van der Waals surface area (Å²) < 4.78 is 1.70. The largest absolute Gasteiger partial charge is 0.301 e. The van der Waals surface area contributed by atoms with Crippen molar-refractivity contribution in [1.29, 1.82) is 0 Å². The van der Waals surface area contributed by atoms with E-state index in [1.54, 1.807) is 21.5 Å². The minimum absolute atomic E-state index is 0.120. The second-order valence-electron chi connectivity index (χ2n) is 6.96. The van der Waals surface area contributed by atoms with Gasteiger partial charge in [0.15, 0.2) is 5.82 Å². The molecule has 0 spiro atoms. The SMILES string of the molecule is Cc1cc(C)n2nc(CN(C(=O)c3ccccc3C)c3ccc(Cl)cc3)nc2n1. The molecule has 0 aliphatic heterocycles. The number of carbonyl (C=O) groups is 1. The van der Waals surface area contributed by atoms with Crippen LogP contribution in [-0.2, 0) is 6.54 Å². The van der Waals surface area contributed by atoms with Crippen LogP contribution in [0.2, 0.25) is 5.02 Å². The molecule has 1 amide bonds. The third kappa shape index (κ3) is 3.84. The standard InChI is InChI=1S/C22H20ClN5O/c1-14-6-4-5-7-19(14)21(29)27(18-10-8-17(23)9-11-18)13-20-25-22-24-15(2)12-16(3)28(22)26-20/h4-12H,13H2,1-3H3. The Hall–Kier alpha value is -3.25. The Bertz CT molecular complexity index is 1200. The number of halogens is 1. The van der Waals surface area contributed by atoms with Gasteiger partial charge in [-0.2, -0.15) is 4.98 Å². The lowest BCUT2D eigenvalue weighted by Gasteiger charge is -2.22. The highest BCUT2D eigenvalue weighted by Gasteiger charge is 2.22. The molecule has 4 aromatic rings. The van der Waals surface area contributed by atoms with Crippen molar-refractivity contribution in [2.75, 3.05) is 4.90 Å². The van der Waals surface area contributed by atoms with Crippen molar-refractivity contribution in [3.63, 3.8) is 0 Å². The van der Waals surface area contributed by atoms with Crippen LogP contribution in [0.4, 0.5) is 5.69 Å². The van der Waals surface area contributed by atoms with Crippen LogP contribution in [0.3, 0.4) is 0 Å². The number of aryl methyl sites for hydroxylation is 3. The molecule has 2 aromatic heterocycles. The molecular formula is C22H20ClN5O. The van der Waals surface area contributed by atoms with Crippen LogP contribution in [0.5, 0.6) is 0 Å². The average molecular weight is 406 g/mol. The number of rotatable bonds is 4. The van der Waals surface area contributed by atoms with E-state index >= 15 is 0 Å². The van der Waals surface area contributed by atoms with E-state index in [9.17, 15) is 4.79 Å². The molecule has 0 aliphatic rings. The smallest absolute Gasteiger partial charge is 0.258 e. The minimum Gasteiger partial charge on any atom is -0.301 e. The Kier molecular flexibility index (Phi) is 5.03. The van der Waals surface area contributed by atoms with Gasteiger partial charge in [-0.3, -0.25) is 4.79 Å². The number of anilines is 1. The van der Waals surface area contributed by atoms with Gasteiger partial charge in [0.2, 0.25) is 0 Å². The van der Waals surface area contributed by atoms with Gasteiger partial charge in [0, 0.05) is 27.7 Å². The molecule has 7 heteroatoms. The quantitative estimate of drug-likeness (QED) is 0.499. The summed E-state index contributed by atoms with van der Waals surface area (Å²) in [5.41, 5.74) is 4.08. The lowest BCUT2D eigenvalue weighted by atomic mass is 10.1. The van der Waals surface area contributed by atoms with Crippen LogP contribution >= 0.6 is 11.6 Å². The molecule has 0 N–H and O–H groups in total. The van der Waals surface area contributed by atoms with Gasteiger partial charge in [-0.05, 0) is 62.7 Å². The maximum atomic E-state index is 13.4. The summed E-state index contributed by atoms with van der Waals surface area (Å²) in [6.07, 6.45) is 0. The predicted octanol–water partition coefficient (Wildman–Crippen LogP) is 4.55. The highest BCUT2D eigenvalue weighted by atomic mass is 35.5. The molecule has 0 unspecified atom stereocenters. The second-order valence-corrected chi connectivity index (χ2v) is 7.40. The summed E-state index contributed by atoms with van der Waals surface area (Å²) in [4.78, 5) is 24.0. The first-order valence-corrected chi connectivity index (χ1v) is 9.63. The van der Waals surface area contributed by atoms with E-state index in [0.29, 0.717) is 22.2 Å². The fourth-order valence-corrected chi connectivity index (χ4v) is 3.40. The van der Waals surface area contributed by atoms with E-state index in [1.807, 2.05) is 63.2 Å². The van der Waals surface area contributed by atoms with Gasteiger partial charge in [0.1, 0.15) is 0 Å². The van der Waals surface area contributed by atoms with Crippen LogP contribution in [-0.4, -0.2) is 25.5 Å². The van der Waals surface area contributed by atoms with Crippen LogP contribution in [0.25, 0.3) is 5.78 Å². The summed E-state index contributed by atoms with van der Waals surface area (Å²) in [7, 11) is 0. The Balaban J connectivity index is 1.76. The van der Waals surface area contributed by atoms with E-state index in [4.69, 9.17) is 11.6 Å². The fourth-order valence-electron chi connectivity index (χ4n) is 3.28. The summed E-state index contributed by atoms with van der Waals surface area (Å²) in [5.74, 6) is 0.921. The van der Waals surface area contributed by atoms with Crippen molar-refractivity contribution < 1.29 is 4.79 Å². The zero-order valence-electron chi connectivity index (χ0n) is 16.4. The maximum Gasteiger partial charge on any atom is 0.258 e. The zero-order valence-corrected chi connectivity index (χ0v) is 17.2. The molecule has 29 heavy (non-hydrogen) atoms. The number of nitrogens with zero attached hydrogens (tertiary/aromatic N) is 5. The molecule has 0 saturated heterocycles. The molecule has 0 fully saturated rings. The van der Waals surface area contributed by atoms with Crippen LogP contribution in [0.15, 0.2) is 54.6 Å². The van der Waals surface area contributed by atoms with Crippen molar-refractivity contribution in [3.8, 4) is 0 Å². The summed E-state index contributed by atoms with van der Waals surface area (Å²) in [6.45, 7) is 6.02. The zero-order chi connectivity index (χ0) is 20.5. The minimum atomic E-state index is -0.120. The first kappa shape index (κ1) is 19.1. The third-order valence-corrected chi connectivity index (χ3v) is 4.97. The Morgan fingerprint density at radius 2 is 1.76 bits per heavy atom. The molecule has 0 atom stereocenters. The number of amides is 1. The molecule has 6 nitrogen and oxygen atoms in total. The Morgan fingerprint density at radius 1 is 1.03 bits per heavy atom. The summed E-state index contributed by atoms with van der Waals surface area (Å²) in [6, 6.07) is 16.6. The molecule has 0 bridgehead atoms. The number of carbonyl (C=O) groups excluding carboxylic acids is 1. The van der Waals surface area contributed by atoms with E-state index in [1.165, 1.54) is 0 Å². The highest BCUT2D eigenvalue weighted by Crippen LogP contribution is 2.23. The number of hydrogen-bond acceptors (Lipinski definition) is 4. The molecule has 2 aromatic carbocycles. The van der Waals surface area contributed by atoms with Gasteiger partial charge in [-0.1, -0.05) is 29.8 Å². The second kappa shape index (κ2) is 7.64. The van der Waals surface area contributed by atoms with E-state index < -0.39 is 0 Å². The first-order chi connectivity index (χ1) is 13.9. The first-order valence-electron chi connectivity index (χ1n) is 9.25. The molecule has 0 aliphatic carbocycles. The molecular weight excluding hydrogens is 386 g/mol. The lowest BCUT2D eigenvalue weighted by molar-refractivity contribution is 0.0984. The number of aromatic nitrogens is 4. The van der Waals surface area contributed by atoms with Crippen molar-refractivity contribution >= 4 is 29.0 Å². The fraction of sp³-hybridized carbons (Fsp3) is 0.182. The predicted molar refractivity (Wildman–Crippen MR) is 113 cm³/mol. The van der Waals surface area contributed by atoms with Crippen molar-refractivity contribution in [2.45, 2.75) is 27.3 Å². The number of benzene rings is 2. The maximum absolute atomic E-state index is 13.4. The van der Waals surface area contributed by atoms with Gasteiger partial charge >= 0.3 is 0 Å². The van der Waals surface area contributed by atoms with E-state index in [0.717, 1.165) is 22.6 Å². The van der Waals surface area contributed by atoms with Crippen molar-refractivity contribution in [3.05, 3.63) is 88.0 Å². The monoisotopic (exact) mass is 405 g/mol. The molecule has 4 rings (SSSR count). The van der Waals surface area contributed by atoms with E-state index in [-0.39, 0.29) is 12.5 Å². The van der Waals surface area contributed by atoms with Gasteiger partial charge in [0.05, 0.1) is 6.54 Å². The van der Waals surface area contributed by atoms with Gasteiger partial charge in [-0.15, -0.1) is 5.10 Å². The molecule has 0 radical (unpaired) electrons. The number of hydrogen-bond donors (Lipinski definition) is 0. The summed E-state index contributed by atoms with van der Waals surface area (Å²) >= 11 is 6.04. The van der Waals surface area contributed by atoms with E-state index in [2.05, 4.69) is 15.1 Å². The number of fused-ring (bicyclic) bond motifs is 1. The van der Waals surface area contributed by atoms with Gasteiger partial charge < -0.3 is 4.90 Å². The summed E-state index contributed by atoms with van der Waals surface area (Å²) in [5, 5.41) is 5.17. The normalized spacial score (nSPS) is 11.0.